The van der Waals surface area contributed by atoms with Crippen LogP contribution in [0.2, 0.25) is 0 Å². The first-order valence-electron chi connectivity index (χ1n) is 7.97. The van der Waals surface area contributed by atoms with E-state index in [1.54, 1.807) is 0 Å². The van der Waals surface area contributed by atoms with Gasteiger partial charge < -0.3 is 40.1 Å². The molecule has 0 aliphatic carbocycles. The van der Waals surface area contributed by atoms with Crippen LogP contribution < -0.4 is 0 Å². The smallest absolute Gasteiger partial charge is 0.138 e. The molecule has 2 heterocycles. The highest BCUT2D eigenvalue weighted by molar-refractivity contribution is 5.80. The van der Waals surface area contributed by atoms with Crippen molar-refractivity contribution in [3.8, 4) is 0 Å². The summed E-state index contributed by atoms with van der Waals surface area (Å²) in [6.07, 6.45) is -13.1. The molecule has 2 rings (SSSR count). The quantitative estimate of drug-likeness (QED) is 0.311. The molecule has 10 atom stereocenters. The van der Waals surface area contributed by atoms with Crippen molar-refractivity contribution in [3.63, 3.8) is 0 Å². The first-order chi connectivity index (χ1) is 11.1. The first kappa shape index (κ1) is 19.7. The van der Waals surface area contributed by atoms with Crippen LogP contribution >= 0.6 is 0 Å². The Morgan fingerprint density at radius 2 is 1.04 bits per heavy atom. The second-order valence-corrected chi connectivity index (χ2v) is 6.69. The predicted molar refractivity (Wildman–Crippen MR) is 78.9 cm³/mol. The Hall–Kier alpha value is -0.650. The number of carbonyl (C=O) groups excluding carboxylic acids is 1. The van der Waals surface area contributed by atoms with Crippen molar-refractivity contribution in [3.05, 3.63) is 0 Å². The first-order valence-corrected chi connectivity index (χ1v) is 7.97. The van der Waals surface area contributed by atoms with Gasteiger partial charge >= 0.3 is 0 Å². The maximum absolute atomic E-state index is 12.2. The molecule has 0 aromatic rings. The van der Waals surface area contributed by atoms with E-state index < -0.39 is 72.7 Å². The van der Waals surface area contributed by atoms with Crippen molar-refractivity contribution < 1.29 is 44.9 Å². The number of aliphatic hydroxyl groups excluding tert-OH is 6. The normalized spacial score (nSPS) is 51.2. The van der Waals surface area contributed by atoms with E-state index in [0.717, 1.165) is 0 Å². The number of Topliss-reactive ketones (excluding diaryl/α,β-unsaturated/α-hetero) is 1. The van der Waals surface area contributed by atoms with E-state index in [1.165, 1.54) is 20.8 Å². The fourth-order valence-corrected chi connectivity index (χ4v) is 3.41. The molecule has 0 saturated carbocycles. The topological polar surface area (TPSA) is 157 Å². The van der Waals surface area contributed by atoms with Gasteiger partial charge in [0.05, 0.1) is 30.3 Å². The Kier molecular flexibility index (Phi) is 5.99. The standard InChI is InChI=1S/C15H26O9/c1-4(16)7(14-12(21)10(19)8(17)5(2)23-14)15-13(22)11(20)9(18)6(3)24-15/h5-15,17-22H,1-3H3/t5-,6-,7?,8+,9+,10+,11+,12-,13-,14?,15?/m0/s1. The lowest BCUT2D eigenvalue weighted by atomic mass is 9.78. The van der Waals surface area contributed by atoms with E-state index in [9.17, 15) is 35.4 Å². The number of ether oxygens (including phenoxy) is 2. The third kappa shape index (κ3) is 3.35. The van der Waals surface area contributed by atoms with Crippen molar-refractivity contribution in [2.45, 2.75) is 81.8 Å². The minimum atomic E-state index is -1.58. The van der Waals surface area contributed by atoms with Crippen molar-refractivity contribution in [1.82, 2.24) is 0 Å². The minimum absolute atomic E-state index is 0.491. The second kappa shape index (κ2) is 7.30. The molecule has 2 aliphatic rings. The number of rotatable bonds is 3. The Bertz CT molecular complexity index is 424. The van der Waals surface area contributed by atoms with Crippen molar-refractivity contribution >= 4 is 5.78 Å². The van der Waals surface area contributed by atoms with E-state index in [-0.39, 0.29) is 0 Å². The highest BCUT2D eigenvalue weighted by atomic mass is 16.6. The van der Waals surface area contributed by atoms with Crippen molar-refractivity contribution in [2.75, 3.05) is 0 Å². The van der Waals surface area contributed by atoms with Gasteiger partial charge in [0.25, 0.3) is 0 Å². The molecule has 0 aromatic heterocycles. The molecule has 0 spiro atoms. The number of aliphatic hydroxyl groups is 6. The third-order valence-electron chi connectivity index (χ3n) is 4.96. The third-order valence-corrected chi connectivity index (χ3v) is 4.96. The summed E-state index contributed by atoms with van der Waals surface area (Å²) in [5.74, 6) is -1.70. The lowest BCUT2D eigenvalue weighted by Crippen LogP contribution is -2.66. The van der Waals surface area contributed by atoms with Crippen LogP contribution in [0.25, 0.3) is 0 Å². The van der Waals surface area contributed by atoms with E-state index in [2.05, 4.69) is 0 Å². The number of hydrogen-bond donors (Lipinski definition) is 6. The summed E-state index contributed by atoms with van der Waals surface area (Å²) in [6.45, 7) is 4.16. The Balaban J connectivity index is 2.30. The fraction of sp³-hybridized carbons (Fsp3) is 0.933. The lowest BCUT2D eigenvalue weighted by Gasteiger charge is -2.47. The van der Waals surface area contributed by atoms with Gasteiger partial charge in [-0.25, -0.2) is 0 Å². The zero-order valence-corrected chi connectivity index (χ0v) is 13.8. The van der Waals surface area contributed by atoms with Gasteiger partial charge in [-0.05, 0) is 20.8 Å². The summed E-state index contributed by atoms with van der Waals surface area (Å²) in [7, 11) is 0. The summed E-state index contributed by atoms with van der Waals surface area (Å²) < 4.78 is 11.0. The van der Waals surface area contributed by atoms with Crippen LogP contribution in [0.5, 0.6) is 0 Å². The van der Waals surface area contributed by atoms with E-state index >= 15 is 0 Å². The van der Waals surface area contributed by atoms with Gasteiger partial charge in [0.1, 0.15) is 42.4 Å². The van der Waals surface area contributed by atoms with Gasteiger partial charge in [-0.3, -0.25) is 4.79 Å². The van der Waals surface area contributed by atoms with E-state index in [1.807, 2.05) is 0 Å². The van der Waals surface area contributed by atoms with Gasteiger partial charge in [0, 0.05) is 0 Å². The molecule has 2 saturated heterocycles. The molecule has 140 valence electrons. The Morgan fingerprint density at radius 3 is 1.33 bits per heavy atom. The summed E-state index contributed by atoms with van der Waals surface area (Å²) >= 11 is 0. The highest BCUT2D eigenvalue weighted by Gasteiger charge is 2.53. The fourth-order valence-electron chi connectivity index (χ4n) is 3.41. The molecule has 2 unspecified atom stereocenters. The Labute approximate surface area is 139 Å². The molecule has 0 bridgehead atoms. The Morgan fingerprint density at radius 1 is 0.708 bits per heavy atom. The number of ketones is 1. The maximum Gasteiger partial charge on any atom is 0.138 e. The number of hydrogen-bond acceptors (Lipinski definition) is 9. The van der Waals surface area contributed by atoms with Gasteiger partial charge in [-0.15, -0.1) is 0 Å². The predicted octanol–water partition coefficient (Wildman–Crippen LogP) is -3.07. The molecule has 6 N–H and O–H groups in total. The largest absolute Gasteiger partial charge is 0.388 e. The average Bonchev–Trinajstić information content (AvgIpc) is 2.52. The molecule has 0 radical (unpaired) electrons. The second-order valence-electron chi connectivity index (χ2n) is 6.69. The van der Waals surface area contributed by atoms with Crippen LogP contribution in [-0.2, 0) is 14.3 Å². The van der Waals surface area contributed by atoms with Gasteiger partial charge in [0.2, 0.25) is 0 Å². The molecule has 2 fully saturated rings. The highest BCUT2D eigenvalue weighted by Crippen LogP contribution is 2.34. The SMILES string of the molecule is CC(=O)C(C1O[C@@H](C)[C@@H](O)[C@@H](O)[C@@H]1O)C1O[C@@H](C)[C@@H](O)[C@@H](O)[C@@H]1O. The molecule has 9 heteroatoms. The molecule has 2 aliphatic heterocycles. The summed E-state index contributed by atoms with van der Waals surface area (Å²) in [5, 5.41) is 59.8. The lowest BCUT2D eigenvalue weighted by molar-refractivity contribution is -0.267. The van der Waals surface area contributed by atoms with Gasteiger partial charge in [-0.2, -0.15) is 0 Å². The van der Waals surface area contributed by atoms with Crippen LogP contribution in [0.15, 0.2) is 0 Å². The van der Waals surface area contributed by atoms with Crippen LogP contribution in [0.1, 0.15) is 20.8 Å². The van der Waals surface area contributed by atoms with Crippen LogP contribution in [0.3, 0.4) is 0 Å². The summed E-state index contributed by atoms with van der Waals surface area (Å²) in [4.78, 5) is 12.2. The van der Waals surface area contributed by atoms with Crippen LogP contribution in [0, 0.1) is 5.92 Å². The maximum atomic E-state index is 12.2. The monoisotopic (exact) mass is 350 g/mol. The zero-order valence-electron chi connectivity index (χ0n) is 13.8. The molecule has 24 heavy (non-hydrogen) atoms. The molecule has 0 aromatic carbocycles. The van der Waals surface area contributed by atoms with Crippen molar-refractivity contribution in [2.24, 2.45) is 5.92 Å². The number of carbonyl (C=O) groups is 1. The molecular weight excluding hydrogens is 324 g/mol. The van der Waals surface area contributed by atoms with E-state index in [4.69, 9.17) is 9.47 Å². The van der Waals surface area contributed by atoms with Crippen LogP contribution in [0.4, 0.5) is 0 Å². The summed E-state index contributed by atoms with van der Waals surface area (Å²) in [6, 6.07) is 0. The van der Waals surface area contributed by atoms with E-state index in [0.29, 0.717) is 0 Å². The van der Waals surface area contributed by atoms with Crippen molar-refractivity contribution in [1.29, 1.82) is 0 Å². The average molecular weight is 350 g/mol. The van der Waals surface area contributed by atoms with Gasteiger partial charge in [0.15, 0.2) is 0 Å². The summed E-state index contributed by atoms with van der Waals surface area (Å²) in [5.41, 5.74) is 0. The minimum Gasteiger partial charge on any atom is -0.388 e. The zero-order chi connectivity index (χ0) is 18.3. The van der Waals surface area contributed by atoms with Gasteiger partial charge in [-0.1, -0.05) is 0 Å². The molecule has 9 nitrogen and oxygen atoms in total. The molecule has 0 amide bonds. The molecular formula is C15H26O9. The van der Waals surface area contributed by atoms with Crippen LogP contribution in [-0.4, -0.2) is 97.5 Å².